The van der Waals surface area contributed by atoms with Crippen LogP contribution in [0.5, 0.6) is 0 Å². The predicted octanol–water partition coefficient (Wildman–Crippen LogP) is 0.978. The van der Waals surface area contributed by atoms with E-state index in [9.17, 15) is 9.00 Å². The summed E-state index contributed by atoms with van der Waals surface area (Å²) in [7, 11) is 2.72. The third-order valence-corrected chi connectivity index (χ3v) is 2.16. The van der Waals surface area contributed by atoms with Crippen LogP contribution >= 0.6 is 0 Å². The normalized spacial score (nSPS) is 11.9. The lowest BCUT2D eigenvalue weighted by molar-refractivity contribution is 0.0601. The van der Waals surface area contributed by atoms with Crippen molar-refractivity contribution < 1.29 is 22.6 Å². The molecule has 1 aromatic carbocycles. The number of ether oxygens (including phenoxy) is 1. The second kappa shape index (κ2) is 5.59. The van der Waals surface area contributed by atoms with E-state index in [-0.39, 0.29) is 0 Å². The Balaban J connectivity index is 2.89. The summed E-state index contributed by atoms with van der Waals surface area (Å²) in [6, 6.07) is 6.29. The molecular weight excluding hydrogens is 234 g/mol. The second-order valence-corrected chi connectivity index (χ2v) is 3.41. The van der Waals surface area contributed by atoms with Crippen molar-refractivity contribution in [2.45, 2.75) is 0 Å². The summed E-state index contributed by atoms with van der Waals surface area (Å²) in [6.45, 7) is 0. The second-order valence-electron chi connectivity index (χ2n) is 2.83. The molecule has 0 spiro atoms. The van der Waals surface area contributed by atoms with Crippen molar-refractivity contribution in [1.29, 1.82) is 0 Å². The van der Waals surface area contributed by atoms with E-state index < -0.39 is 17.3 Å². The van der Waals surface area contributed by atoms with Gasteiger partial charge >= 0.3 is 17.3 Å². The first-order chi connectivity index (χ1) is 7.54. The standard InChI is InChI=1S/C9H11NO5S/c1-10(15-16(12)13)8-5-3-4-7(6-8)9(11)14-2/h3-6H,1-2H3,(H,12,13). The summed E-state index contributed by atoms with van der Waals surface area (Å²) in [5.41, 5.74) is 0.796. The van der Waals surface area contributed by atoms with Crippen LogP contribution in [0.2, 0.25) is 0 Å². The molecule has 0 aliphatic rings. The number of methoxy groups -OCH3 is 1. The van der Waals surface area contributed by atoms with Gasteiger partial charge in [-0.1, -0.05) is 6.07 Å². The average Bonchev–Trinajstić information content (AvgIpc) is 2.27. The maximum atomic E-state index is 11.2. The minimum Gasteiger partial charge on any atom is -0.465 e. The van der Waals surface area contributed by atoms with Gasteiger partial charge < -0.3 is 4.74 Å². The monoisotopic (exact) mass is 245 g/mol. The zero-order valence-corrected chi connectivity index (χ0v) is 9.56. The summed E-state index contributed by atoms with van der Waals surface area (Å²) in [6.07, 6.45) is 0. The molecule has 0 saturated carbocycles. The Bertz CT molecular complexity index is 409. The SMILES string of the molecule is COC(=O)c1cccc(N(C)OS(=O)O)c1. The van der Waals surface area contributed by atoms with E-state index in [1.807, 2.05) is 0 Å². The molecular formula is C9H11NO5S. The lowest BCUT2D eigenvalue weighted by atomic mass is 10.2. The van der Waals surface area contributed by atoms with Gasteiger partial charge in [-0.05, 0) is 18.2 Å². The molecule has 0 heterocycles. The van der Waals surface area contributed by atoms with Crippen LogP contribution in [0.25, 0.3) is 0 Å². The molecule has 0 bridgehead atoms. The molecule has 1 atom stereocenters. The van der Waals surface area contributed by atoms with Crippen LogP contribution in [0.1, 0.15) is 10.4 Å². The fourth-order valence-corrected chi connectivity index (χ4v) is 1.36. The van der Waals surface area contributed by atoms with E-state index >= 15 is 0 Å². The molecule has 7 heteroatoms. The Hall–Kier alpha value is -1.44. The molecule has 6 nitrogen and oxygen atoms in total. The van der Waals surface area contributed by atoms with E-state index in [1.165, 1.54) is 20.2 Å². The van der Waals surface area contributed by atoms with E-state index in [1.54, 1.807) is 18.2 Å². The lowest BCUT2D eigenvalue weighted by Crippen LogP contribution is -2.19. The average molecular weight is 245 g/mol. The number of anilines is 1. The number of hydrogen-bond acceptors (Lipinski definition) is 5. The molecule has 0 saturated heterocycles. The van der Waals surface area contributed by atoms with Gasteiger partial charge in [-0.15, -0.1) is 4.28 Å². The summed E-state index contributed by atoms with van der Waals surface area (Å²) < 4.78 is 28.0. The summed E-state index contributed by atoms with van der Waals surface area (Å²) >= 11 is -2.41. The smallest absolute Gasteiger partial charge is 0.337 e. The Morgan fingerprint density at radius 3 is 2.75 bits per heavy atom. The Morgan fingerprint density at radius 2 is 2.19 bits per heavy atom. The molecule has 16 heavy (non-hydrogen) atoms. The molecule has 0 fully saturated rings. The Morgan fingerprint density at radius 1 is 1.50 bits per heavy atom. The maximum absolute atomic E-state index is 11.2. The van der Waals surface area contributed by atoms with Crippen molar-refractivity contribution in [3.63, 3.8) is 0 Å². The first-order valence-corrected chi connectivity index (χ1v) is 5.29. The third-order valence-electron chi connectivity index (χ3n) is 1.81. The fraction of sp³-hybridized carbons (Fsp3) is 0.222. The van der Waals surface area contributed by atoms with Crippen LogP contribution < -0.4 is 5.06 Å². The van der Waals surface area contributed by atoms with Gasteiger partial charge in [-0.3, -0.25) is 4.55 Å². The molecule has 0 aliphatic heterocycles. The van der Waals surface area contributed by atoms with Crippen LogP contribution in [0, 0.1) is 0 Å². The van der Waals surface area contributed by atoms with Crippen molar-refractivity contribution in [3.8, 4) is 0 Å². The summed E-state index contributed by atoms with van der Waals surface area (Å²) in [5, 5.41) is 1.09. The third kappa shape index (κ3) is 3.30. The van der Waals surface area contributed by atoms with E-state index in [0.29, 0.717) is 11.3 Å². The highest BCUT2D eigenvalue weighted by Crippen LogP contribution is 2.16. The first-order valence-electron chi connectivity index (χ1n) is 4.26. The number of hydrogen-bond donors (Lipinski definition) is 1. The van der Waals surface area contributed by atoms with E-state index in [2.05, 4.69) is 9.02 Å². The van der Waals surface area contributed by atoms with Crippen molar-refractivity contribution in [2.75, 3.05) is 19.2 Å². The topological polar surface area (TPSA) is 76.1 Å². The summed E-state index contributed by atoms with van der Waals surface area (Å²) in [5.74, 6) is -0.486. The van der Waals surface area contributed by atoms with Crippen LogP contribution in [-0.4, -0.2) is 28.9 Å². The lowest BCUT2D eigenvalue weighted by Gasteiger charge is -2.15. The Labute approximate surface area is 95.2 Å². The van der Waals surface area contributed by atoms with Gasteiger partial charge in [0.1, 0.15) is 0 Å². The highest BCUT2D eigenvalue weighted by atomic mass is 32.2. The highest BCUT2D eigenvalue weighted by molar-refractivity contribution is 7.74. The van der Waals surface area contributed by atoms with E-state index in [0.717, 1.165) is 5.06 Å². The largest absolute Gasteiger partial charge is 0.465 e. The molecule has 1 unspecified atom stereocenters. The number of nitrogens with zero attached hydrogens (tertiary/aromatic N) is 1. The molecule has 0 aliphatic carbocycles. The predicted molar refractivity (Wildman–Crippen MR) is 58.0 cm³/mol. The zero-order valence-electron chi connectivity index (χ0n) is 8.75. The van der Waals surface area contributed by atoms with Crippen molar-refractivity contribution in [3.05, 3.63) is 29.8 Å². The maximum Gasteiger partial charge on any atom is 0.337 e. The summed E-state index contributed by atoms with van der Waals surface area (Å²) in [4.78, 5) is 11.2. The van der Waals surface area contributed by atoms with Crippen LogP contribution in [0.3, 0.4) is 0 Å². The Kier molecular flexibility index (Phi) is 4.41. The van der Waals surface area contributed by atoms with Gasteiger partial charge in [-0.25, -0.2) is 9.86 Å². The van der Waals surface area contributed by atoms with E-state index in [4.69, 9.17) is 4.55 Å². The highest BCUT2D eigenvalue weighted by Gasteiger charge is 2.09. The van der Waals surface area contributed by atoms with Gasteiger partial charge in [0.25, 0.3) is 0 Å². The first kappa shape index (κ1) is 12.6. The molecule has 1 N–H and O–H groups in total. The number of carbonyl (C=O) groups excluding carboxylic acids is 1. The van der Waals surface area contributed by atoms with Gasteiger partial charge in [0.2, 0.25) is 0 Å². The van der Waals surface area contributed by atoms with Gasteiger partial charge in [0, 0.05) is 7.05 Å². The molecule has 1 aromatic rings. The molecule has 0 amide bonds. The minimum atomic E-state index is -2.41. The van der Waals surface area contributed by atoms with Crippen molar-refractivity contribution in [1.82, 2.24) is 0 Å². The minimum absolute atomic E-state index is 0.333. The van der Waals surface area contributed by atoms with Gasteiger partial charge in [0.05, 0.1) is 18.4 Å². The zero-order chi connectivity index (χ0) is 12.1. The molecule has 1 rings (SSSR count). The van der Waals surface area contributed by atoms with Gasteiger partial charge in [0.15, 0.2) is 0 Å². The van der Waals surface area contributed by atoms with Gasteiger partial charge in [-0.2, -0.15) is 4.21 Å². The number of esters is 1. The van der Waals surface area contributed by atoms with Crippen LogP contribution in [-0.2, 0) is 20.4 Å². The quantitative estimate of drug-likeness (QED) is 0.484. The molecule has 0 aromatic heterocycles. The fourth-order valence-electron chi connectivity index (χ4n) is 1.09. The van der Waals surface area contributed by atoms with Crippen LogP contribution in [0.15, 0.2) is 24.3 Å². The van der Waals surface area contributed by atoms with Crippen LogP contribution in [0.4, 0.5) is 5.69 Å². The number of hydroxylamine groups is 1. The number of rotatable bonds is 4. The molecule has 0 radical (unpaired) electrons. The molecule has 88 valence electrons. The number of benzene rings is 1. The van der Waals surface area contributed by atoms with Crippen molar-refractivity contribution >= 4 is 23.0 Å². The number of carbonyl (C=O) groups is 1. The van der Waals surface area contributed by atoms with Crippen molar-refractivity contribution in [2.24, 2.45) is 0 Å².